The lowest BCUT2D eigenvalue weighted by Crippen LogP contribution is -2.47. The highest BCUT2D eigenvalue weighted by Crippen LogP contribution is 2.39. The van der Waals surface area contributed by atoms with Crippen LogP contribution in [0.1, 0.15) is 207 Å². The molecule has 2 atom stereocenters. The van der Waals surface area contributed by atoms with Crippen molar-refractivity contribution in [2.75, 3.05) is 101 Å². The minimum Gasteiger partial charge on any atom is -0.496 e. The van der Waals surface area contributed by atoms with Gasteiger partial charge in [0.15, 0.2) is 6.29 Å². The van der Waals surface area contributed by atoms with Crippen LogP contribution < -0.4 is 69.6 Å². The maximum Gasteiger partial charge on any atom is 0.407 e. The van der Waals surface area contributed by atoms with E-state index in [0.717, 1.165) is 138 Å². The van der Waals surface area contributed by atoms with Crippen molar-refractivity contribution in [2.24, 2.45) is 17.6 Å². The second kappa shape index (κ2) is 48.5. The second-order valence-corrected chi connectivity index (χ2v) is 31.3. The number of benzene rings is 3. The molecule has 0 bridgehead atoms. The molecule has 28 nitrogen and oxygen atoms in total. The van der Waals surface area contributed by atoms with Gasteiger partial charge in [0, 0.05) is 113 Å². The first-order valence-corrected chi connectivity index (χ1v) is 40.0. The van der Waals surface area contributed by atoms with Gasteiger partial charge in [-0.25, -0.2) is 27.5 Å². The predicted octanol–water partition coefficient (Wildman–Crippen LogP) is 14.1. The number of nitrogens with one attached hydrogen (secondary N) is 4. The molecular weight excluding hydrogens is 1490 g/mol. The molecule has 111 heavy (non-hydrogen) atoms. The Morgan fingerprint density at radius 2 is 0.892 bits per heavy atom. The monoisotopic (exact) mass is 1620 g/mol. The number of hydrogen-bond donors (Lipinski definition) is 5. The van der Waals surface area contributed by atoms with Gasteiger partial charge in [-0.1, -0.05) is 15.9 Å². The van der Waals surface area contributed by atoms with Crippen LogP contribution in [0.3, 0.4) is 0 Å². The maximum atomic E-state index is 13.5. The van der Waals surface area contributed by atoms with E-state index in [1.807, 2.05) is 107 Å². The Labute approximate surface area is 668 Å². The summed E-state index contributed by atoms with van der Waals surface area (Å²) in [5, 5.41) is 12.7. The molecule has 0 radical (unpaired) electrons. The lowest BCUT2D eigenvalue weighted by molar-refractivity contribution is -0.133. The SMILES string of the molecule is CC(C)(C)OC(=O)NC1CCC(N)CC1.CCOc1cc(OC)c(C=O)c(OC)c1.CCOc1cc(OC)c(CNC2CCC(CNC(=O)OC(C)(C)C)CC2)c(OC)c1.[C-]#[N+][C@@H]1CCCN1C(=O)CBr.[C-]#[N+][C@@H]1CCCN1C(=O)CN(Cc1c(OC)cc(OCC)cc1OC)C1CCC(CNC(=O)OC(C)(C)C)CC1. The molecule has 8 rings (SSSR count). The maximum absolute atomic E-state index is 13.5. The summed E-state index contributed by atoms with van der Waals surface area (Å²) in [5.41, 5.74) is 6.62. The zero-order valence-electron chi connectivity index (χ0n) is 69.3. The molecule has 0 unspecified atom stereocenters. The van der Waals surface area contributed by atoms with Crippen LogP contribution in [0.25, 0.3) is 9.69 Å². The molecule has 3 aliphatic carbocycles. The first-order chi connectivity index (χ1) is 52.7. The summed E-state index contributed by atoms with van der Waals surface area (Å²) in [6.45, 7) is 42.5. The number of alkyl halides is 1. The molecule has 29 heteroatoms. The third-order valence-corrected chi connectivity index (χ3v) is 19.5. The van der Waals surface area contributed by atoms with Gasteiger partial charge < -0.3 is 83.8 Å². The minimum absolute atomic E-state index is 0.0175. The molecule has 0 aromatic heterocycles. The number of hydrogen-bond acceptors (Lipinski definition) is 21. The molecule has 2 aliphatic heterocycles. The fraction of sp³-hybridized carbons (Fsp3) is 0.683. The number of carbonyl (C=O) groups is 6. The number of aldehydes is 1. The summed E-state index contributed by atoms with van der Waals surface area (Å²) >= 11 is 3.09. The average molecular weight is 1620 g/mol. The lowest BCUT2D eigenvalue weighted by Gasteiger charge is -2.37. The van der Waals surface area contributed by atoms with Gasteiger partial charge in [-0.05, 0) is 185 Å². The number of nitrogens with zero attached hydrogens (tertiary/aromatic N) is 5. The number of alkyl carbamates (subject to hydrolysis) is 3. The van der Waals surface area contributed by atoms with E-state index < -0.39 is 22.9 Å². The number of ether oxygens (including phenoxy) is 12. The van der Waals surface area contributed by atoms with Crippen LogP contribution in [0.15, 0.2) is 36.4 Å². The zero-order chi connectivity index (χ0) is 82.4. The Morgan fingerprint density at radius 3 is 1.26 bits per heavy atom. The number of amides is 5. The van der Waals surface area contributed by atoms with Gasteiger partial charge in [0.05, 0.1) is 91.0 Å². The van der Waals surface area contributed by atoms with Crippen LogP contribution >= 0.6 is 15.9 Å². The molecule has 5 amide bonds. The van der Waals surface area contributed by atoms with E-state index in [9.17, 15) is 28.8 Å². The molecule has 2 saturated heterocycles. The van der Waals surface area contributed by atoms with Gasteiger partial charge in [-0.3, -0.25) is 38.8 Å². The van der Waals surface area contributed by atoms with E-state index in [1.54, 1.807) is 50.4 Å². The fourth-order valence-corrected chi connectivity index (χ4v) is 13.9. The van der Waals surface area contributed by atoms with Crippen molar-refractivity contribution in [3.05, 3.63) is 75.9 Å². The molecule has 3 saturated carbocycles. The Morgan fingerprint density at radius 1 is 0.523 bits per heavy atom. The first-order valence-electron chi connectivity index (χ1n) is 38.9. The van der Waals surface area contributed by atoms with Crippen molar-refractivity contribution in [3.8, 4) is 51.7 Å². The smallest absolute Gasteiger partial charge is 0.407 e. The van der Waals surface area contributed by atoms with Crippen LogP contribution in [0.5, 0.6) is 51.7 Å². The molecule has 0 spiro atoms. The summed E-state index contributed by atoms with van der Waals surface area (Å²) in [5.74, 6) is 6.61. The summed E-state index contributed by atoms with van der Waals surface area (Å²) in [7, 11) is 9.57. The highest BCUT2D eigenvalue weighted by Gasteiger charge is 2.37. The molecule has 2 heterocycles. The molecule has 6 N–H and O–H groups in total. The van der Waals surface area contributed by atoms with Crippen molar-refractivity contribution in [1.29, 1.82) is 0 Å². The molecule has 5 aliphatic rings. The summed E-state index contributed by atoms with van der Waals surface area (Å²) < 4.78 is 65.2. The van der Waals surface area contributed by atoms with Crippen LogP contribution in [0.2, 0.25) is 0 Å². The van der Waals surface area contributed by atoms with Crippen LogP contribution in [-0.4, -0.2) is 205 Å². The van der Waals surface area contributed by atoms with E-state index in [2.05, 4.69) is 51.8 Å². The van der Waals surface area contributed by atoms with Crippen LogP contribution in [0.4, 0.5) is 14.4 Å². The molecule has 622 valence electrons. The van der Waals surface area contributed by atoms with Crippen molar-refractivity contribution in [2.45, 2.75) is 252 Å². The van der Waals surface area contributed by atoms with Gasteiger partial charge in [0.2, 0.25) is 11.8 Å². The van der Waals surface area contributed by atoms with E-state index >= 15 is 0 Å². The lowest BCUT2D eigenvalue weighted by atomic mass is 9.85. The summed E-state index contributed by atoms with van der Waals surface area (Å²) in [6, 6.07) is 12.0. The highest BCUT2D eigenvalue weighted by atomic mass is 79.9. The largest absolute Gasteiger partial charge is 0.496 e. The third-order valence-electron chi connectivity index (χ3n) is 19.0. The Bertz CT molecular complexity index is 3360. The normalized spacial score (nSPS) is 20.0. The Balaban J connectivity index is 0.000000318. The van der Waals surface area contributed by atoms with Gasteiger partial charge >= 0.3 is 30.6 Å². The minimum atomic E-state index is -0.528. The molecule has 3 aromatic rings. The third kappa shape index (κ3) is 33.8. The predicted molar refractivity (Wildman–Crippen MR) is 431 cm³/mol. The fourth-order valence-electron chi connectivity index (χ4n) is 13.6. The van der Waals surface area contributed by atoms with Crippen LogP contribution in [-0.2, 0) is 36.9 Å². The quantitative estimate of drug-likeness (QED) is 0.0205. The van der Waals surface area contributed by atoms with Gasteiger partial charge in [-0.15, -0.1) is 0 Å². The van der Waals surface area contributed by atoms with E-state index in [4.69, 9.17) is 75.7 Å². The number of rotatable bonds is 27. The van der Waals surface area contributed by atoms with Gasteiger partial charge in [0.1, 0.15) is 68.5 Å². The molecule has 5 fully saturated rings. The standard InChI is InChI=1S/C30H46N4O6.C23H38N2O5.C11H22N2O2.C11H14O4.C7H9BrN2O/c1-8-39-23-16-25(37-6)24(26(17-23)38-7)19-33(20-28(35)34-15-9-10-27(34)31-5)22-13-11-21(12-14-22)18-32-29(36)40-30(2,3)4;1-7-29-18-12-20(27-5)19(21(13-18)28-6)15-24-17-10-8-16(9-11-17)14-25-22(26)30-23(2,3)4;1-11(2,3)15-10(14)13-9-6-4-8(12)5-7-9;1-4-15-8-5-10(13-2)9(7-12)11(6-8)14-3;1-9-6-3-2-4-10(6)7(11)5-8/h16-17,21-22,27H,8-15,18-20H2,1-4,6-7H3,(H,32,36);12-13,16-17,24H,7-11,14-15H2,1-6H3,(H,25,26);8-9H,4-7,12H2,1-3H3,(H,13,14);5-7H,4H2,1-3H3;6H,2-5H2/t21?,22?,27-;;;;6-/m0...0/s1. The van der Waals surface area contributed by atoms with Crippen molar-refractivity contribution >= 4 is 52.3 Å². The topological polar surface area (TPSA) is 306 Å². The van der Waals surface area contributed by atoms with Crippen LogP contribution in [0, 0.1) is 25.0 Å². The first kappa shape index (κ1) is 95.0. The van der Waals surface area contributed by atoms with Gasteiger partial charge in [-0.2, -0.15) is 0 Å². The van der Waals surface area contributed by atoms with E-state index in [0.29, 0.717) is 128 Å². The number of nitrogens with two attached hydrogens (primary N) is 1. The van der Waals surface area contributed by atoms with E-state index in [1.165, 1.54) is 14.2 Å². The number of methoxy groups -OCH3 is 6. The Hall–Kier alpha value is -8.38. The molecular formula is C82H129BrN10O18. The van der Waals surface area contributed by atoms with Crippen molar-refractivity contribution in [1.82, 2.24) is 36.0 Å². The summed E-state index contributed by atoms with van der Waals surface area (Å²) in [4.78, 5) is 83.4. The summed E-state index contributed by atoms with van der Waals surface area (Å²) in [6.07, 6.45) is 14.3. The van der Waals surface area contributed by atoms with E-state index in [-0.39, 0.29) is 55.0 Å². The van der Waals surface area contributed by atoms with Crippen molar-refractivity contribution < 1.29 is 85.6 Å². The number of likely N-dealkylation sites (tertiary alicyclic amines) is 2. The van der Waals surface area contributed by atoms with Crippen molar-refractivity contribution in [3.63, 3.8) is 0 Å². The number of halogens is 1. The Kier molecular flexibility index (Phi) is 41.5. The zero-order valence-corrected chi connectivity index (χ0v) is 70.9. The second-order valence-electron chi connectivity index (χ2n) is 30.8. The average Bonchev–Trinajstić information content (AvgIpc) is 1.44. The highest BCUT2D eigenvalue weighted by molar-refractivity contribution is 9.09. The van der Waals surface area contributed by atoms with Gasteiger partial charge in [0.25, 0.3) is 0 Å². The molecule has 3 aromatic carbocycles. The number of carbonyl (C=O) groups excluding carboxylic acids is 6.